The largest absolute Gasteiger partial charge is 0.504 e. The molecule has 1 aliphatic heterocycles. The topological polar surface area (TPSA) is 67.8 Å². The van der Waals surface area contributed by atoms with Gasteiger partial charge in [0.15, 0.2) is 11.5 Å². The molecule has 0 bridgehead atoms. The Balaban J connectivity index is 2.22. The first-order valence-corrected chi connectivity index (χ1v) is 7.97. The second-order valence-corrected chi connectivity index (χ2v) is 5.77. The van der Waals surface area contributed by atoms with Crippen molar-refractivity contribution in [2.75, 3.05) is 20.8 Å². The standard InChI is InChI=1S/C19H21NO4/c1-23-14-5-6-15-13(11-14)4-8-17(21)20-10-9-12-3-7-16(24-2)19(22)18(12)15/h3,5-7,11,22H,4,8-10H2,1-2H3,(H,20,21). The number of aromatic hydroxyl groups is 1. The number of carbonyl (C=O) groups excluding carboxylic acids is 1. The van der Waals surface area contributed by atoms with Crippen molar-refractivity contribution < 1.29 is 19.4 Å². The van der Waals surface area contributed by atoms with E-state index in [-0.39, 0.29) is 11.7 Å². The minimum absolute atomic E-state index is 0.0324. The molecule has 5 heteroatoms. The van der Waals surface area contributed by atoms with Gasteiger partial charge in [-0.3, -0.25) is 4.79 Å². The van der Waals surface area contributed by atoms with E-state index in [1.807, 2.05) is 24.3 Å². The number of carbonyl (C=O) groups is 1. The van der Waals surface area contributed by atoms with Gasteiger partial charge >= 0.3 is 0 Å². The zero-order chi connectivity index (χ0) is 17.1. The maximum atomic E-state index is 11.9. The number of aryl methyl sites for hydroxylation is 1. The van der Waals surface area contributed by atoms with E-state index in [1.54, 1.807) is 13.2 Å². The van der Waals surface area contributed by atoms with Gasteiger partial charge in [0.05, 0.1) is 14.2 Å². The minimum Gasteiger partial charge on any atom is -0.504 e. The lowest BCUT2D eigenvalue weighted by Gasteiger charge is -2.20. The molecule has 1 heterocycles. The number of nitrogens with one attached hydrogen (secondary N) is 1. The van der Waals surface area contributed by atoms with Gasteiger partial charge in [-0.15, -0.1) is 0 Å². The zero-order valence-corrected chi connectivity index (χ0v) is 13.9. The van der Waals surface area contributed by atoms with Gasteiger partial charge in [-0.25, -0.2) is 0 Å². The fourth-order valence-corrected chi connectivity index (χ4v) is 3.11. The Morgan fingerprint density at radius 2 is 1.83 bits per heavy atom. The zero-order valence-electron chi connectivity index (χ0n) is 13.9. The average molecular weight is 327 g/mol. The number of benzene rings is 2. The number of methoxy groups -OCH3 is 2. The van der Waals surface area contributed by atoms with E-state index in [9.17, 15) is 9.90 Å². The average Bonchev–Trinajstić information content (AvgIpc) is 2.60. The van der Waals surface area contributed by atoms with Crippen LogP contribution in [-0.2, 0) is 17.6 Å². The van der Waals surface area contributed by atoms with Crippen LogP contribution in [0.4, 0.5) is 0 Å². The highest BCUT2D eigenvalue weighted by Gasteiger charge is 2.20. The number of amides is 1. The molecule has 2 aromatic carbocycles. The van der Waals surface area contributed by atoms with Crippen molar-refractivity contribution in [2.24, 2.45) is 0 Å². The van der Waals surface area contributed by atoms with E-state index >= 15 is 0 Å². The molecule has 0 atom stereocenters. The van der Waals surface area contributed by atoms with Gasteiger partial charge in [-0.05, 0) is 47.7 Å². The highest BCUT2D eigenvalue weighted by Crippen LogP contribution is 2.42. The molecule has 24 heavy (non-hydrogen) atoms. The van der Waals surface area contributed by atoms with Gasteiger partial charge < -0.3 is 19.9 Å². The van der Waals surface area contributed by atoms with E-state index in [1.165, 1.54) is 7.11 Å². The molecule has 1 amide bonds. The maximum Gasteiger partial charge on any atom is 0.220 e. The first-order chi connectivity index (χ1) is 11.6. The van der Waals surface area contributed by atoms with Gasteiger partial charge in [0.1, 0.15) is 5.75 Å². The number of phenolic OH excluding ortho intramolecular Hbond substituents is 1. The first kappa shape index (κ1) is 16.2. The van der Waals surface area contributed by atoms with E-state index in [2.05, 4.69) is 5.32 Å². The molecule has 0 spiro atoms. The molecule has 1 aliphatic rings. The molecule has 0 saturated heterocycles. The molecule has 0 aliphatic carbocycles. The van der Waals surface area contributed by atoms with E-state index in [0.29, 0.717) is 31.6 Å². The molecule has 5 nitrogen and oxygen atoms in total. The summed E-state index contributed by atoms with van der Waals surface area (Å²) in [5.74, 6) is 1.34. The lowest BCUT2D eigenvalue weighted by Crippen LogP contribution is -2.26. The Hall–Kier alpha value is -2.69. The number of fused-ring (bicyclic) bond motifs is 3. The summed E-state index contributed by atoms with van der Waals surface area (Å²) in [7, 11) is 3.15. The molecule has 0 radical (unpaired) electrons. The van der Waals surface area contributed by atoms with Crippen molar-refractivity contribution >= 4 is 5.91 Å². The van der Waals surface area contributed by atoms with Gasteiger partial charge in [0.2, 0.25) is 5.91 Å². The summed E-state index contributed by atoms with van der Waals surface area (Å²) in [4.78, 5) is 11.9. The van der Waals surface area contributed by atoms with Crippen LogP contribution >= 0.6 is 0 Å². The molecule has 0 fully saturated rings. The van der Waals surface area contributed by atoms with Crippen molar-refractivity contribution in [1.82, 2.24) is 5.32 Å². The lowest BCUT2D eigenvalue weighted by atomic mass is 9.90. The molecular formula is C19H21NO4. The predicted molar refractivity (Wildman–Crippen MR) is 91.7 cm³/mol. The monoisotopic (exact) mass is 327 g/mol. The van der Waals surface area contributed by atoms with Crippen LogP contribution in [0.5, 0.6) is 17.2 Å². The normalized spacial score (nSPS) is 14.2. The highest BCUT2D eigenvalue weighted by molar-refractivity contribution is 5.81. The quantitative estimate of drug-likeness (QED) is 0.890. The molecule has 0 aromatic heterocycles. The first-order valence-electron chi connectivity index (χ1n) is 7.97. The minimum atomic E-state index is 0.0324. The van der Waals surface area contributed by atoms with Crippen LogP contribution in [0.2, 0.25) is 0 Å². The Labute approximate surface area is 141 Å². The van der Waals surface area contributed by atoms with Crippen molar-refractivity contribution in [3.05, 3.63) is 41.5 Å². The summed E-state index contributed by atoms with van der Waals surface area (Å²) >= 11 is 0. The molecule has 2 aromatic rings. The van der Waals surface area contributed by atoms with Crippen LogP contribution in [0.25, 0.3) is 11.1 Å². The molecule has 126 valence electrons. The van der Waals surface area contributed by atoms with Gasteiger partial charge in [-0.1, -0.05) is 12.1 Å². The number of hydrogen-bond acceptors (Lipinski definition) is 4. The summed E-state index contributed by atoms with van der Waals surface area (Å²) in [6.07, 6.45) is 1.62. The van der Waals surface area contributed by atoms with Crippen molar-refractivity contribution in [1.29, 1.82) is 0 Å². The summed E-state index contributed by atoms with van der Waals surface area (Å²) in [5, 5.41) is 13.6. The Bertz CT molecular complexity index is 770. The van der Waals surface area contributed by atoms with Gasteiger partial charge in [0.25, 0.3) is 0 Å². The van der Waals surface area contributed by atoms with Crippen molar-refractivity contribution in [2.45, 2.75) is 19.3 Å². The SMILES string of the molecule is COc1ccc2c(c1)CCC(=O)NCCc1ccc(OC)c(O)c1-2. The van der Waals surface area contributed by atoms with Crippen molar-refractivity contribution in [3.8, 4) is 28.4 Å². The molecule has 2 N–H and O–H groups in total. The Morgan fingerprint density at radius 3 is 2.58 bits per heavy atom. The smallest absolute Gasteiger partial charge is 0.220 e. The van der Waals surface area contributed by atoms with Gasteiger partial charge in [0, 0.05) is 18.5 Å². The summed E-state index contributed by atoms with van der Waals surface area (Å²) in [6.45, 7) is 0.545. The fourth-order valence-electron chi connectivity index (χ4n) is 3.11. The molecule has 3 rings (SSSR count). The fraction of sp³-hybridized carbons (Fsp3) is 0.316. The Kier molecular flexibility index (Phi) is 4.60. The highest BCUT2D eigenvalue weighted by atomic mass is 16.5. The lowest BCUT2D eigenvalue weighted by molar-refractivity contribution is -0.121. The number of ether oxygens (including phenoxy) is 2. The number of phenols is 1. The van der Waals surface area contributed by atoms with Crippen LogP contribution in [0.15, 0.2) is 30.3 Å². The van der Waals surface area contributed by atoms with Gasteiger partial charge in [-0.2, -0.15) is 0 Å². The van der Waals surface area contributed by atoms with Crippen LogP contribution in [0, 0.1) is 0 Å². The third-order valence-electron chi connectivity index (χ3n) is 4.37. The summed E-state index contributed by atoms with van der Waals surface area (Å²) in [6, 6.07) is 9.42. The Morgan fingerprint density at radius 1 is 1.00 bits per heavy atom. The maximum absolute atomic E-state index is 11.9. The van der Waals surface area contributed by atoms with Crippen molar-refractivity contribution in [3.63, 3.8) is 0 Å². The van der Waals surface area contributed by atoms with E-state index in [4.69, 9.17) is 9.47 Å². The summed E-state index contributed by atoms with van der Waals surface area (Å²) in [5.41, 5.74) is 3.62. The number of rotatable bonds is 2. The van der Waals surface area contributed by atoms with E-state index < -0.39 is 0 Å². The third-order valence-corrected chi connectivity index (χ3v) is 4.37. The van der Waals surface area contributed by atoms with Crippen LogP contribution in [-0.4, -0.2) is 31.8 Å². The van der Waals surface area contributed by atoms with E-state index in [0.717, 1.165) is 28.0 Å². The van der Waals surface area contributed by atoms with Crippen LogP contribution in [0.3, 0.4) is 0 Å². The number of hydrogen-bond donors (Lipinski definition) is 2. The van der Waals surface area contributed by atoms with Crippen LogP contribution in [0.1, 0.15) is 17.5 Å². The predicted octanol–water partition coefficient (Wildman–Crippen LogP) is 2.68. The second kappa shape index (κ2) is 6.83. The molecule has 0 unspecified atom stereocenters. The molecular weight excluding hydrogens is 306 g/mol. The second-order valence-electron chi connectivity index (χ2n) is 5.77. The third kappa shape index (κ3) is 3.02. The summed E-state index contributed by atoms with van der Waals surface area (Å²) < 4.78 is 10.6. The molecule has 0 saturated carbocycles. The van der Waals surface area contributed by atoms with Crippen LogP contribution < -0.4 is 14.8 Å².